The molecule has 6 nitrogen and oxygen atoms in total. The van der Waals surface area contributed by atoms with E-state index in [9.17, 15) is 14.4 Å². The second-order valence-electron chi connectivity index (χ2n) is 5.80. The molecule has 1 rings (SSSR count). The highest BCUT2D eigenvalue weighted by Gasteiger charge is 2.15. The fourth-order valence-corrected chi connectivity index (χ4v) is 1.79. The first-order valence-corrected chi connectivity index (χ1v) is 8.08. The second-order valence-corrected chi connectivity index (χ2v) is 6.72. The first kappa shape index (κ1) is 19.9. The summed E-state index contributed by atoms with van der Waals surface area (Å²) in [7, 11) is 0. The number of nitrogens with one attached hydrogen (secondary N) is 1. The molecule has 0 aliphatic carbocycles. The number of carbonyl (C=O) groups is 3. The summed E-state index contributed by atoms with van der Waals surface area (Å²) < 4.78 is 10.8. The molecule has 1 N–H and O–H groups in total. The van der Waals surface area contributed by atoms with Gasteiger partial charge in [-0.05, 0) is 51.1 Å². The Morgan fingerprint density at radius 2 is 1.75 bits per heavy atom. The van der Waals surface area contributed by atoms with Crippen molar-refractivity contribution in [3.05, 3.63) is 46.5 Å². The number of esters is 1. The largest absolute Gasteiger partial charge is 0.461 e. The van der Waals surface area contributed by atoms with Crippen LogP contribution in [0, 0.1) is 0 Å². The lowest BCUT2D eigenvalue weighted by molar-refractivity contribution is -0.137. The van der Waals surface area contributed by atoms with Crippen LogP contribution in [0.5, 0.6) is 0 Å². The number of rotatable bonds is 6. The van der Waals surface area contributed by atoms with Gasteiger partial charge in [0.15, 0.2) is 5.78 Å². The standard InChI is InChI=1S/C17H20BrNO5/c1-17(2,3)24-16(22)19-10-11-23-15(21)9-8-14(20)12-4-6-13(18)7-5-12/h4-9H,10-11H2,1-3H3,(H,19,22)/b9-8+. The molecule has 1 aromatic carbocycles. The van der Waals surface area contributed by atoms with Gasteiger partial charge in [0, 0.05) is 16.1 Å². The number of alkyl carbamates (subject to hydrolysis) is 1. The zero-order valence-corrected chi connectivity index (χ0v) is 15.4. The molecule has 0 radical (unpaired) electrons. The number of hydrogen-bond donors (Lipinski definition) is 1. The Bertz CT molecular complexity index is 617. The van der Waals surface area contributed by atoms with Crippen LogP contribution in [-0.2, 0) is 14.3 Å². The number of amides is 1. The highest BCUT2D eigenvalue weighted by molar-refractivity contribution is 9.10. The molecule has 7 heteroatoms. The van der Waals surface area contributed by atoms with Gasteiger partial charge in [-0.2, -0.15) is 0 Å². The maximum atomic E-state index is 11.8. The van der Waals surface area contributed by atoms with Crippen LogP contribution in [0.4, 0.5) is 4.79 Å². The van der Waals surface area contributed by atoms with Crippen molar-refractivity contribution < 1.29 is 23.9 Å². The minimum atomic E-state index is -0.661. The molecule has 0 aliphatic rings. The van der Waals surface area contributed by atoms with Crippen LogP contribution >= 0.6 is 15.9 Å². The lowest BCUT2D eigenvalue weighted by Gasteiger charge is -2.19. The minimum absolute atomic E-state index is 0.0190. The van der Waals surface area contributed by atoms with E-state index >= 15 is 0 Å². The molecule has 0 atom stereocenters. The van der Waals surface area contributed by atoms with Gasteiger partial charge in [0.25, 0.3) is 0 Å². The van der Waals surface area contributed by atoms with E-state index in [0.717, 1.165) is 16.6 Å². The van der Waals surface area contributed by atoms with Crippen molar-refractivity contribution in [1.82, 2.24) is 5.32 Å². The third kappa shape index (κ3) is 8.47. The van der Waals surface area contributed by atoms with Crippen molar-refractivity contribution in [3.63, 3.8) is 0 Å². The van der Waals surface area contributed by atoms with Gasteiger partial charge in [0.1, 0.15) is 12.2 Å². The molecule has 24 heavy (non-hydrogen) atoms. The highest BCUT2D eigenvalue weighted by Crippen LogP contribution is 2.11. The number of carbonyl (C=O) groups excluding carboxylic acids is 3. The molecule has 0 spiro atoms. The summed E-state index contributed by atoms with van der Waals surface area (Å²) in [4.78, 5) is 34.7. The summed E-state index contributed by atoms with van der Waals surface area (Å²) in [5.74, 6) is -0.960. The summed E-state index contributed by atoms with van der Waals surface area (Å²) >= 11 is 3.28. The predicted molar refractivity (Wildman–Crippen MR) is 92.8 cm³/mol. The molecule has 0 saturated heterocycles. The van der Waals surface area contributed by atoms with Crippen molar-refractivity contribution in [2.75, 3.05) is 13.2 Å². The average molecular weight is 398 g/mol. The predicted octanol–water partition coefficient (Wildman–Crippen LogP) is 3.26. The normalized spacial score (nSPS) is 11.2. The Morgan fingerprint density at radius 3 is 2.33 bits per heavy atom. The fraction of sp³-hybridized carbons (Fsp3) is 0.353. The van der Waals surface area contributed by atoms with Gasteiger partial charge in [-0.1, -0.05) is 15.9 Å². The topological polar surface area (TPSA) is 81.7 Å². The third-order valence-corrected chi connectivity index (χ3v) is 3.04. The molecular weight excluding hydrogens is 378 g/mol. The van der Waals surface area contributed by atoms with Gasteiger partial charge in [0.2, 0.25) is 0 Å². The smallest absolute Gasteiger partial charge is 0.407 e. The summed E-state index contributed by atoms with van der Waals surface area (Å²) in [6.45, 7) is 5.35. The molecule has 0 saturated carbocycles. The maximum Gasteiger partial charge on any atom is 0.407 e. The molecule has 1 aromatic rings. The Labute approximate surface area is 149 Å². The van der Waals surface area contributed by atoms with Gasteiger partial charge < -0.3 is 14.8 Å². The first-order chi connectivity index (χ1) is 11.2. The van der Waals surface area contributed by atoms with E-state index in [1.165, 1.54) is 0 Å². The molecule has 1 amide bonds. The Balaban J connectivity index is 2.30. The molecule has 130 valence electrons. The van der Waals surface area contributed by atoms with Gasteiger partial charge in [-0.3, -0.25) is 4.79 Å². The molecule has 0 fully saturated rings. The number of allylic oxidation sites excluding steroid dienone is 1. The Hall–Kier alpha value is -2.15. The Kier molecular flexibility index (Phi) is 7.64. The SMILES string of the molecule is CC(C)(C)OC(=O)NCCOC(=O)/C=C/C(=O)c1ccc(Br)cc1. The first-order valence-electron chi connectivity index (χ1n) is 7.29. The minimum Gasteiger partial charge on any atom is -0.461 e. The summed E-state index contributed by atoms with van der Waals surface area (Å²) in [6, 6.07) is 6.77. The van der Waals surface area contributed by atoms with E-state index in [-0.39, 0.29) is 18.9 Å². The highest BCUT2D eigenvalue weighted by atomic mass is 79.9. The van der Waals surface area contributed by atoms with Gasteiger partial charge in [-0.15, -0.1) is 0 Å². The third-order valence-electron chi connectivity index (χ3n) is 2.51. The fourth-order valence-electron chi connectivity index (χ4n) is 1.52. The van der Waals surface area contributed by atoms with Crippen molar-refractivity contribution in [2.45, 2.75) is 26.4 Å². The Morgan fingerprint density at radius 1 is 1.12 bits per heavy atom. The van der Waals surface area contributed by atoms with Crippen LogP contribution in [0.25, 0.3) is 0 Å². The lowest BCUT2D eigenvalue weighted by Crippen LogP contribution is -2.34. The van der Waals surface area contributed by atoms with E-state index < -0.39 is 17.7 Å². The van der Waals surface area contributed by atoms with Crippen molar-refractivity contribution >= 4 is 33.8 Å². The molecule has 0 heterocycles. The van der Waals surface area contributed by atoms with Crippen LogP contribution in [-0.4, -0.2) is 36.6 Å². The number of ketones is 1. The number of hydrogen-bond acceptors (Lipinski definition) is 5. The quantitative estimate of drug-likeness (QED) is 0.344. The number of benzene rings is 1. The van der Waals surface area contributed by atoms with E-state index in [4.69, 9.17) is 9.47 Å². The van der Waals surface area contributed by atoms with Crippen molar-refractivity contribution in [1.29, 1.82) is 0 Å². The van der Waals surface area contributed by atoms with Crippen molar-refractivity contribution in [2.24, 2.45) is 0 Å². The molecule has 0 unspecified atom stereocenters. The zero-order chi connectivity index (χ0) is 18.2. The number of halogens is 1. The molecule has 0 bridgehead atoms. The van der Waals surface area contributed by atoms with E-state index in [1.54, 1.807) is 45.0 Å². The van der Waals surface area contributed by atoms with Gasteiger partial charge in [-0.25, -0.2) is 9.59 Å². The lowest BCUT2D eigenvalue weighted by atomic mass is 10.1. The van der Waals surface area contributed by atoms with Crippen LogP contribution in [0.15, 0.2) is 40.9 Å². The molecular formula is C17H20BrNO5. The van der Waals surface area contributed by atoms with Crippen LogP contribution in [0.2, 0.25) is 0 Å². The molecule has 0 aliphatic heterocycles. The van der Waals surface area contributed by atoms with E-state index in [1.807, 2.05) is 0 Å². The summed E-state index contributed by atoms with van der Waals surface area (Å²) in [5, 5.41) is 2.46. The van der Waals surface area contributed by atoms with Crippen LogP contribution in [0.3, 0.4) is 0 Å². The summed E-state index contributed by atoms with van der Waals surface area (Å²) in [5.41, 5.74) is -0.120. The van der Waals surface area contributed by atoms with Crippen molar-refractivity contribution in [3.8, 4) is 0 Å². The van der Waals surface area contributed by atoms with Gasteiger partial charge >= 0.3 is 12.1 Å². The maximum absolute atomic E-state index is 11.8. The average Bonchev–Trinajstić information content (AvgIpc) is 2.48. The van der Waals surface area contributed by atoms with Crippen LogP contribution in [0.1, 0.15) is 31.1 Å². The van der Waals surface area contributed by atoms with E-state index in [0.29, 0.717) is 5.56 Å². The van der Waals surface area contributed by atoms with Crippen LogP contribution < -0.4 is 5.32 Å². The van der Waals surface area contributed by atoms with Gasteiger partial charge in [0.05, 0.1) is 6.54 Å². The second kappa shape index (κ2) is 9.22. The number of ether oxygens (including phenoxy) is 2. The summed E-state index contributed by atoms with van der Waals surface area (Å²) in [6.07, 6.45) is 1.62. The monoisotopic (exact) mass is 397 g/mol. The zero-order valence-electron chi connectivity index (χ0n) is 13.8. The molecule has 0 aromatic heterocycles. The van der Waals surface area contributed by atoms with E-state index in [2.05, 4.69) is 21.2 Å².